The van der Waals surface area contributed by atoms with Crippen LogP contribution in [0.4, 0.5) is 28.4 Å². The lowest BCUT2D eigenvalue weighted by molar-refractivity contribution is 0.476. The molecule has 0 radical (unpaired) electrons. The summed E-state index contributed by atoms with van der Waals surface area (Å²) in [6.45, 7) is 18.3. The van der Waals surface area contributed by atoms with E-state index in [9.17, 15) is 0 Å². The van der Waals surface area contributed by atoms with Crippen molar-refractivity contribution < 1.29 is 4.74 Å². The van der Waals surface area contributed by atoms with E-state index in [0.717, 1.165) is 45.3 Å². The number of ether oxygens (including phenoxy) is 1. The Morgan fingerprint density at radius 1 is 0.587 bits per heavy atom. The van der Waals surface area contributed by atoms with E-state index in [0.29, 0.717) is 0 Å². The van der Waals surface area contributed by atoms with Crippen molar-refractivity contribution in [3.05, 3.63) is 227 Å². The Labute approximate surface area is 373 Å². The predicted octanol–water partition coefficient (Wildman–Crippen LogP) is 16.8. The summed E-state index contributed by atoms with van der Waals surface area (Å²) < 4.78 is 6.28. The maximum absolute atomic E-state index is 6.28. The van der Waals surface area contributed by atoms with Gasteiger partial charge in [-0.25, -0.2) is 0 Å². The van der Waals surface area contributed by atoms with Crippen LogP contribution in [0.5, 0.6) is 11.5 Å². The Balaban J connectivity index is 0.921. The summed E-state index contributed by atoms with van der Waals surface area (Å²) >= 11 is 0. The van der Waals surface area contributed by atoms with Gasteiger partial charge < -0.3 is 14.5 Å². The number of para-hydroxylation sites is 6. The molecule has 2 aliphatic heterocycles. The maximum atomic E-state index is 6.28. The molecule has 0 N–H and O–H groups in total. The first-order valence-corrected chi connectivity index (χ1v) is 22.0. The van der Waals surface area contributed by atoms with Crippen LogP contribution in [0.3, 0.4) is 0 Å². The van der Waals surface area contributed by atoms with Gasteiger partial charge in [0.25, 0.3) is 0 Å². The largest absolute Gasteiger partial charge is 0.453 e. The Hall–Kier alpha value is -7.36. The van der Waals surface area contributed by atoms with Gasteiger partial charge in [0.15, 0.2) is 11.5 Å². The predicted molar refractivity (Wildman–Crippen MR) is 269 cm³/mol. The van der Waals surface area contributed by atoms with Crippen molar-refractivity contribution in [2.45, 2.75) is 52.4 Å². The van der Waals surface area contributed by atoms with Gasteiger partial charge >= 0.3 is 0 Å². The summed E-state index contributed by atoms with van der Waals surface area (Å²) in [5.41, 5.74) is 19.8. The van der Waals surface area contributed by atoms with E-state index in [1.165, 1.54) is 61.6 Å². The fraction of sp³-hybridized carbons (Fsp3) is 0.133. The van der Waals surface area contributed by atoms with E-state index in [1.54, 1.807) is 0 Å². The van der Waals surface area contributed by atoms with Gasteiger partial charge in [0.2, 0.25) is 0 Å². The summed E-state index contributed by atoms with van der Waals surface area (Å²) in [7, 11) is 0. The van der Waals surface area contributed by atoms with Crippen LogP contribution in [0.25, 0.3) is 41.0 Å². The Morgan fingerprint density at radius 2 is 1.11 bits per heavy atom. The van der Waals surface area contributed by atoms with Crippen LogP contribution in [-0.2, 0) is 10.8 Å². The first kappa shape index (κ1) is 39.8. The first-order chi connectivity index (χ1) is 30.5. The second kappa shape index (κ2) is 15.5. The van der Waals surface area contributed by atoms with Crippen molar-refractivity contribution in [2.75, 3.05) is 9.80 Å². The fourth-order valence-corrected chi connectivity index (χ4v) is 9.55. The summed E-state index contributed by atoms with van der Waals surface area (Å²) in [4.78, 5) is 4.68. The van der Waals surface area contributed by atoms with Crippen LogP contribution in [0.1, 0.15) is 86.1 Å². The quantitative estimate of drug-likeness (QED) is 0.118. The van der Waals surface area contributed by atoms with Crippen LogP contribution in [-0.4, -0.2) is 0 Å². The summed E-state index contributed by atoms with van der Waals surface area (Å²) in [5, 5.41) is 0. The van der Waals surface area contributed by atoms with Gasteiger partial charge in [-0.1, -0.05) is 181 Å². The number of allylic oxidation sites excluding steroid dienone is 4. The molecule has 0 spiro atoms. The molecule has 63 heavy (non-hydrogen) atoms. The molecule has 3 aliphatic rings. The highest BCUT2D eigenvalue weighted by molar-refractivity contribution is 5.95. The molecule has 1 aliphatic carbocycles. The van der Waals surface area contributed by atoms with Crippen molar-refractivity contribution in [2.24, 2.45) is 0 Å². The van der Waals surface area contributed by atoms with E-state index >= 15 is 0 Å². The molecule has 0 aromatic heterocycles. The van der Waals surface area contributed by atoms with Crippen molar-refractivity contribution in [1.82, 2.24) is 0 Å². The average Bonchev–Trinajstić information content (AvgIpc) is 3.40. The minimum absolute atomic E-state index is 0.0995. The topological polar surface area (TPSA) is 15.7 Å². The van der Waals surface area contributed by atoms with Crippen LogP contribution < -0.4 is 14.5 Å². The molecule has 0 saturated carbocycles. The minimum Gasteiger partial charge on any atom is -0.453 e. The summed E-state index contributed by atoms with van der Waals surface area (Å²) in [5.74, 6) is 1.67. The number of benzene rings is 7. The van der Waals surface area contributed by atoms with E-state index in [1.807, 2.05) is 24.3 Å². The molecular formula is C60H52N2O. The third-order valence-electron chi connectivity index (χ3n) is 12.8. The average molecular weight is 817 g/mol. The molecule has 3 nitrogen and oxygen atoms in total. The van der Waals surface area contributed by atoms with Crippen LogP contribution in [0, 0.1) is 0 Å². The van der Waals surface area contributed by atoms with Crippen molar-refractivity contribution in [3.8, 4) is 22.6 Å². The lowest BCUT2D eigenvalue weighted by Crippen LogP contribution is -2.19. The second-order valence-corrected chi connectivity index (χ2v) is 18.3. The van der Waals surface area contributed by atoms with Gasteiger partial charge in [0.1, 0.15) is 0 Å². The zero-order valence-electron chi connectivity index (χ0n) is 37.0. The Morgan fingerprint density at radius 3 is 1.71 bits per heavy atom. The normalized spacial score (nSPS) is 14.7. The minimum atomic E-state index is -0.177. The monoisotopic (exact) mass is 816 g/mol. The first-order valence-electron chi connectivity index (χ1n) is 22.0. The number of nitrogens with zero attached hydrogens (tertiary/aromatic N) is 2. The lowest BCUT2D eigenvalue weighted by atomic mass is 9.80. The number of hydrogen-bond donors (Lipinski definition) is 0. The zero-order valence-corrected chi connectivity index (χ0v) is 37.0. The van der Waals surface area contributed by atoms with Gasteiger partial charge in [0, 0.05) is 16.8 Å². The van der Waals surface area contributed by atoms with E-state index < -0.39 is 0 Å². The van der Waals surface area contributed by atoms with Crippen LogP contribution >= 0.6 is 0 Å². The van der Waals surface area contributed by atoms with Gasteiger partial charge in [-0.05, 0) is 128 Å². The Kier molecular flexibility index (Phi) is 9.80. The molecule has 7 aromatic carbocycles. The summed E-state index contributed by atoms with van der Waals surface area (Å²) in [6.07, 6.45) is 15.4. The molecule has 2 heterocycles. The molecule has 10 rings (SSSR count). The molecule has 0 fully saturated rings. The molecule has 308 valence electrons. The fourth-order valence-electron chi connectivity index (χ4n) is 9.55. The lowest BCUT2D eigenvalue weighted by Gasteiger charge is -2.33. The number of rotatable bonds is 7. The maximum Gasteiger partial charge on any atom is 0.151 e. The number of hydrogen-bond acceptors (Lipinski definition) is 3. The van der Waals surface area contributed by atoms with Gasteiger partial charge in [-0.15, -0.1) is 0 Å². The van der Waals surface area contributed by atoms with Crippen molar-refractivity contribution >= 4 is 58.3 Å². The standard InChI is InChI=1S/C60H52N2O/c1-8-45(61-55-21-13-15-23-57(55)63-58-24-16-14-22-56(58)61)32-25-40(2)47-34-28-41(37-50(47)59(3,4)5)26-27-42-29-35-48-49-36-33-46(39-52(49)60(6,7)51(48)38-42)62-53-19-11-9-17-43(53)30-31-44-18-10-12-20-54(44)62/h8-39H,2H2,1,3-7H3/b27-26+,32-25-,45-8+. The third kappa shape index (κ3) is 7.04. The molecule has 0 amide bonds. The molecular weight excluding hydrogens is 765 g/mol. The van der Waals surface area contributed by atoms with Crippen molar-refractivity contribution in [3.63, 3.8) is 0 Å². The smallest absolute Gasteiger partial charge is 0.151 e. The molecule has 7 aromatic rings. The molecule has 0 bridgehead atoms. The van der Waals surface area contributed by atoms with Crippen LogP contribution in [0.2, 0.25) is 0 Å². The van der Waals surface area contributed by atoms with E-state index in [-0.39, 0.29) is 10.8 Å². The highest BCUT2D eigenvalue weighted by Gasteiger charge is 2.36. The Bertz CT molecular complexity index is 3000. The zero-order chi connectivity index (χ0) is 43.5. The third-order valence-corrected chi connectivity index (χ3v) is 12.8. The van der Waals surface area contributed by atoms with Gasteiger partial charge in [-0.2, -0.15) is 0 Å². The number of fused-ring (bicyclic) bond motifs is 7. The highest BCUT2D eigenvalue weighted by Crippen LogP contribution is 2.52. The van der Waals surface area contributed by atoms with E-state index in [4.69, 9.17) is 4.74 Å². The highest BCUT2D eigenvalue weighted by atomic mass is 16.5. The molecule has 3 heteroatoms. The summed E-state index contributed by atoms with van der Waals surface area (Å²) in [6, 6.07) is 54.5. The molecule has 0 atom stereocenters. The number of anilines is 5. The van der Waals surface area contributed by atoms with Crippen LogP contribution in [0.15, 0.2) is 182 Å². The molecule has 0 unspecified atom stereocenters. The second-order valence-electron chi connectivity index (χ2n) is 18.3. The van der Waals surface area contributed by atoms with Gasteiger partial charge in [0.05, 0.1) is 22.7 Å². The molecule has 0 saturated heterocycles. The van der Waals surface area contributed by atoms with Crippen molar-refractivity contribution in [1.29, 1.82) is 0 Å². The van der Waals surface area contributed by atoms with Gasteiger partial charge in [-0.3, -0.25) is 0 Å². The van der Waals surface area contributed by atoms with E-state index in [2.05, 4.69) is 228 Å². The SMILES string of the molecule is C=C(/C=C\C(=C/C)N1c2ccccc2Oc2ccccc21)c1ccc(/C=C/c2ccc3c(c2)C(C)(C)c2cc(N4c5ccccc5C=Cc5ccccc54)ccc2-3)cc1C(C)(C)C.